The summed E-state index contributed by atoms with van der Waals surface area (Å²) < 4.78 is 0.678. The first-order valence-corrected chi connectivity index (χ1v) is 6.33. The zero-order valence-corrected chi connectivity index (χ0v) is 10.8. The molecule has 0 aliphatic heterocycles. The molecule has 2 aromatic rings. The highest BCUT2D eigenvalue weighted by Gasteiger charge is 2.33. The van der Waals surface area contributed by atoms with Gasteiger partial charge in [-0.25, -0.2) is 9.97 Å². The Bertz CT molecular complexity index is 543. The summed E-state index contributed by atoms with van der Waals surface area (Å²) in [4.78, 5) is 7.86. The smallest absolute Gasteiger partial charge is 0.224 e. The fourth-order valence-electron chi connectivity index (χ4n) is 1.70. The molecule has 1 aliphatic carbocycles. The second-order valence-electron chi connectivity index (χ2n) is 4.05. The molecule has 2 radical (unpaired) electrons. The van der Waals surface area contributed by atoms with Gasteiger partial charge >= 0.3 is 0 Å². The van der Waals surface area contributed by atoms with Crippen LogP contribution in [0.1, 0.15) is 18.0 Å². The van der Waals surface area contributed by atoms with Crippen LogP contribution in [0.4, 0.5) is 11.6 Å². The zero-order valence-electron chi connectivity index (χ0n) is 8.89. The van der Waals surface area contributed by atoms with E-state index in [-0.39, 0.29) is 5.28 Å². The highest BCUT2D eigenvalue weighted by atomic mass is 35.5. The lowest BCUT2D eigenvalue weighted by molar-refractivity contribution is 0.965. The van der Waals surface area contributed by atoms with Gasteiger partial charge < -0.3 is 5.32 Å². The molecule has 0 spiro atoms. The SMILES string of the molecule is [Al][C@H]1C[C@@H]1c1cc(Nc2ccnc(Cl)n2)n[nH]1. The summed E-state index contributed by atoms with van der Waals surface area (Å²) in [7, 11) is 0. The van der Waals surface area contributed by atoms with Gasteiger partial charge in [-0.3, -0.25) is 5.10 Å². The number of nitrogens with zero attached hydrogens (tertiary/aromatic N) is 3. The normalized spacial score (nSPS) is 22.4. The van der Waals surface area contributed by atoms with E-state index in [1.54, 1.807) is 12.3 Å². The van der Waals surface area contributed by atoms with E-state index in [9.17, 15) is 0 Å². The summed E-state index contributed by atoms with van der Waals surface area (Å²) in [6.45, 7) is 0. The summed E-state index contributed by atoms with van der Waals surface area (Å²) >= 11 is 8.53. The van der Waals surface area contributed by atoms with Crippen molar-refractivity contribution in [2.45, 2.75) is 17.1 Å². The lowest BCUT2D eigenvalue weighted by Crippen LogP contribution is -1.94. The number of hydrogen-bond donors (Lipinski definition) is 2. The molecule has 17 heavy (non-hydrogen) atoms. The van der Waals surface area contributed by atoms with Crippen LogP contribution >= 0.6 is 11.6 Å². The van der Waals surface area contributed by atoms with Gasteiger partial charge in [0.05, 0.1) is 0 Å². The number of H-pyrrole nitrogens is 1. The zero-order chi connectivity index (χ0) is 11.8. The van der Waals surface area contributed by atoms with Gasteiger partial charge in [-0.05, 0) is 23.6 Å². The molecule has 7 heteroatoms. The summed E-state index contributed by atoms with van der Waals surface area (Å²) in [6, 6.07) is 3.75. The van der Waals surface area contributed by atoms with Gasteiger partial charge in [-0.15, -0.1) is 0 Å². The Balaban J connectivity index is 1.75. The van der Waals surface area contributed by atoms with Crippen LogP contribution in [0.5, 0.6) is 0 Å². The van der Waals surface area contributed by atoms with Crippen LogP contribution in [-0.2, 0) is 0 Å². The lowest BCUT2D eigenvalue weighted by atomic mass is 10.3. The van der Waals surface area contributed by atoms with Crippen molar-refractivity contribution in [2.75, 3.05) is 5.32 Å². The van der Waals surface area contributed by atoms with Crippen LogP contribution in [0.25, 0.3) is 0 Å². The molecule has 2 N–H and O–H groups in total. The number of hydrogen-bond acceptors (Lipinski definition) is 4. The first kappa shape index (κ1) is 11.0. The third-order valence-corrected chi connectivity index (χ3v) is 3.64. The Labute approximate surface area is 111 Å². The van der Waals surface area contributed by atoms with Crippen molar-refractivity contribution in [1.29, 1.82) is 0 Å². The molecule has 2 atom stereocenters. The minimum Gasteiger partial charge on any atom is -0.323 e. The van der Waals surface area contributed by atoms with Gasteiger partial charge in [0.15, 0.2) is 5.82 Å². The molecule has 5 nitrogen and oxygen atoms in total. The van der Waals surface area contributed by atoms with Crippen molar-refractivity contribution in [1.82, 2.24) is 20.2 Å². The van der Waals surface area contributed by atoms with E-state index in [1.165, 1.54) is 6.42 Å². The molecule has 0 aromatic carbocycles. The van der Waals surface area contributed by atoms with Crippen LogP contribution in [0.2, 0.25) is 10.1 Å². The maximum absolute atomic E-state index is 5.70. The summed E-state index contributed by atoms with van der Waals surface area (Å²) in [5.74, 6) is 1.98. The van der Waals surface area contributed by atoms with E-state index in [4.69, 9.17) is 11.6 Å². The minimum atomic E-state index is 0.220. The summed E-state index contributed by atoms with van der Waals surface area (Å²) in [5.41, 5.74) is 1.16. The van der Waals surface area contributed by atoms with Gasteiger partial charge in [-0.1, -0.05) is 11.2 Å². The van der Waals surface area contributed by atoms with Gasteiger partial charge in [0.1, 0.15) is 22.1 Å². The van der Waals surface area contributed by atoms with Gasteiger partial charge in [0, 0.05) is 18.0 Å². The Morgan fingerprint density at radius 1 is 1.47 bits per heavy atom. The largest absolute Gasteiger partial charge is 0.323 e. The van der Waals surface area contributed by atoms with E-state index >= 15 is 0 Å². The quantitative estimate of drug-likeness (QED) is 0.655. The number of aromatic amines is 1. The number of aromatic nitrogens is 4. The Morgan fingerprint density at radius 2 is 2.29 bits per heavy atom. The van der Waals surface area contributed by atoms with Gasteiger partial charge in [0.25, 0.3) is 0 Å². The molecule has 2 aromatic heterocycles. The second kappa shape index (κ2) is 4.30. The van der Waals surface area contributed by atoms with E-state index in [0.717, 1.165) is 11.5 Å². The molecule has 1 aliphatic rings. The van der Waals surface area contributed by atoms with Crippen molar-refractivity contribution >= 4 is 39.5 Å². The predicted octanol–water partition coefficient (Wildman–Crippen LogP) is 2.04. The van der Waals surface area contributed by atoms with Crippen molar-refractivity contribution < 1.29 is 0 Å². The van der Waals surface area contributed by atoms with Crippen LogP contribution in [0.3, 0.4) is 0 Å². The molecule has 1 fully saturated rings. The standard InChI is InChI=1S/C10H9ClN5.Al/c11-10-12-4-3-8(14-10)13-9-5-7(15-16-9)6-1-2-6;/h1,3-6H,2H2,(H2,12,13,14,15,16);/t6-;/m1./s1. The number of anilines is 2. The van der Waals surface area contributed by atoms with Crippen LogP contribution in [-0.4, -0.2) is 36.5 Å². The number of halogens is 1. The maximum atomic E-state index is 5.70. The first-order valence-electron chi connectivity index (χ1n) is 5.29. The third-order valence-electron chi connectivity index (χ3n) is 2.72. The maximum Gasteiger partial charge on any atom is 0.224 e. The van der Waals surface area contributed by atoms with E-state index < -0.39 is 0 Å². The fraction of sp³-hybridized carbons (Fsp3) is 0.300. The average molecular weight is 262 g/mol. The molecule has 84 valence electrons. The Hall–Kier alpha value is -1.09. The molecular formula is C10H9AlClN5. The monoisotopic (exact) mass is 261 g/mol. The third kappa shape index (κ3) is 2.44. The van der Waals surface area contributed by atoms with Crippen LogP contribution < -0.4 is 5.32 Å². The molecule has 0 unspecified atom stereocenters. The summed E-state index contributed by atoms with van der Waals surface area (Å²) in [5, 5.41) is 10.5. The molecule has 0 bridgehead atoms. The fourth-order valence-corrected chi connectivity index (χ4v) is 2.35. The lowest BCUT2D eigenvalue weighted by Gasteiger charge is -2.00. The van der Waals surface area contributed by atoms with Crippen LogP contribution in [0, 0.1) is 0 Å². The number of rotatable bonds is 3. The Kier molecular flexibility index (Phi) is 2.79. The van der Waals surface area contributed by atoms with Crippen molar-refractivity contribution in [2.24, 2.45) is 0 Å². The molecule has 0 amide bonds. The highest BCUT2D eigenvalue weighted by molar-refractivity contribution is 6.28. The van der Waals surface area contributed by atoms with Crippen molar-refractivity contribution in [3.63, 3.8) is 0 Å². The van der Waals surface area contributed by atoms with E-state index in [0.29, 0.717) is 16.5 Å². The molecular weight excluding hydrogens is 253 g/mol. The topological polar surface area (TPSA) is 66.5 Å². The first-order chi connectivity index (χ1) is 8.22. The van der Waals surface area contributed by atoms with E-state index in [1.807, 2.05) is 6.07 Å². The molecule has 3 rings (SSSR count). The molecule has 0 saturated heterocycles. The average Bonchev–Trinajstić information content (AvgIpc) is 2.85. The van der Waals surface area contributed by atoms with Crippen molar-refractivity contribution in [3.8, 4) is 0 Å². The molecule has 2 heterocycles. The Morgan fingerprint density at radius 3 is 3.00 bits per heavy atom. The van der Waals surface area contributed by atoms with E-state index in [2.05, 4.69) is 41.8 Å². The van der Waals surface area contributed by atoms with Gasteiger partial charge in [-0.2, -0.15) is 5.10 Å². The number of nitrogens with one attached hydrogen (secondary N) is 2. The van der Waals surface area contributed by atoms with Gasteiger partial charge in [0.2, 0.25) is 5.28 Å². The minimum absolute atomic E-state index is 0.220. The predicted molar refractivity (Wildman–Crippen MR) is 65.8 cm³/mol. The summed E-state index contributed by atoms with van der Waals surface area (Å²) in [6.07, 6.45) is 2.80. The van der Waals surface area contributed by atoms with Crippen LogP contribution in [0.15, 0.2) is 18.3 Å². The molecule has 1 saturated carbocycles. The second-order valence-corrected chi connectivity index (χ2v) is 5.24. The van der Waals surface area contributed by atoms with Crippen molar-refractivity contribution in [3.05, 3.63) is 29.3 Å². The highest BCUT2D eigenvalue weighted by Crippen LogP contribution is 2.50.